The Hall–Kier alpha value is -1.74. The van der Waals surface area contributed by atoms with E-state index in [1.165, 1.54) is 11.1 Å². The van der Waals surface area contributed by atoms with E-state index >= 15 is 0 Å². The summed E-state index contributed by atoms with van der Waals surface area (Å²) in [5.41, 5.74) is 5.07. The molecule has 0 amide bonds. The Morgan fingerprint density at radius 3 is 2.50 bits per heavy atom. The molecule has 3 rings (SSSR count). The lowest BCUT2D eigenvalue weighted by Gasteiger charge is -2.05. The van der Waals surface area contributed by atoms with Gasteiger partial charge in [-0.25, -0.2) is 9.97 Å². The number of thioether (sulfide) groups is 1. The van der Waals surface area contributed by atoms with Crippen molar-refractivity contribution in [2.75, 3.05) is 0 Å². The van der Waals surface area contributed by atoms with Gasteiger partial charge in [0.05, 0.1) is 0 Å². The molecule has 1 heterocycles. The standard InChI is InChI=1S/C17H18N2S/c1-12(2)14-9-7-13(8-10-14)11-20-17-18-15-5-3-4-6-16(15)19-17/h3-10,12H,11H2,1-2H3,(H,18,19)/p+1. The van der Waals surface area contributed by atoms with Gasteiger partial charge in [0.2, 0.25) is 0 Å². The van der Waals surface area contributed by atoms with Crippen LogP contribution in [-0.2, 0) is 5.75 Å². The first-order valence-electron chi connectivity index (χ1n) is 6.94. The van der Waals surface area contributed by atoms with Crippen LogP contribution in [0.1, 0.15) is 30.9 Å². The number of nitrogens with one attached hydrogen (secondary N) is 2. The van der Waals surface area contributed by atoms with E-state index in [-0.39, 0.29) is 0 Å². The minimum Gasteiger partial charge on any atom is -0.231 e. The highest BCUT2D eigenvalue weighted by Crippen LogP contribution is 2.21. The molecule has 0 aliphatic carbocycles. The second kappa shape index (κ2) is 5.71. The van der Waals surface area contributed by atoms with Crippen molar-refractivity contribution in [2.24, 2.45) is 0 Å². The van der Waals surface area contributed by atoms with Crippen LogP contribution in [0.2, 0.25) is 0 Å². The summed E-state index contributed by atoms with van der Waals surface area (Å²) < 4.78 is 0. The molecule has 0 bridgehead atoms. The van der Waals surface area contributed by atoms with Crippen molar-refractivity contribution in [3.63, 3.8) is 0 Å². The highest BCUT2D eigenvalue weighted by Gasteiger charge is 2.09. The number of aromatic nitrogens is 2. The second-order valence-corrected chi connectivity index (χ2v) is 6.30. The van der Waals surface area contributed by atoms with Gasteiger partial charge in [0.25, 0.3) is 0 Å². The van der Waals surface area contributed by atoms with Crippen LogP contribution in [0, 0.1) is 0 Å². The summed E-state index contributed by atoms with van der Waals surface area (Å²) >= 11 is 1.80. The van der Waals surface area contributed by atoms with Crippen molar-refractivity contribution in [1.82, 2.24) is 4.98 Å². The van der Waals surface area contributed by atoms with Gasteiger partial charge < -0.3 is 0 Å². The minimum atomic E-state index is 0.596. The summed E-state index contributed by atoms with van der Waals surface area (Å²) in [4.78, 5) is 6.81. The number of H-pyrrole nitrogens is 2. The summed E-state index contributed by atoms with van der Waals surface area (Å²) in [5.74, 6) is 1.57. The molecule has 0 radical (unpaired) electrons. The fraction of sp³-hybridized carbons (Fsp3) is 0.235. The lowest BCUT2D eigenvalue weighted by molar-refractivity contribution is -0.396. The highest BCUT2D eigenvalue weighted by atomic mass is 32.2. The van der Waals surface area contributed by atoms with Crippen molar-refractivity contribution >= 4 is 22.8 Å². The molecule has 102 valence electrons. The maximum absolute atomic E-state index is 3.40. The molecule has 0 spiro atoms. The molecule has 1 aromatic heterocycles. The molecule has 3 aromatic rings. The molecular weight excluding hydrogens is 264 g/mol. The Morgan fingerprint density at radius 1 is 1.05 bits per heavy atom. The third-order valence-electron chi connectivity index (χ3n) is 3.45. The summed E-state index contributed by atoms with van der Waals surface area (Å²) in [6, 6.07) is 17.2. The SMILES string of the molecule is CC(C)c1ccc(CSc2[nH]c3ccccc3[nH+]2)cc1. The number of fused-ring (bicyclic) bond motifs is 1. The number of benzene rings is 2. The first kappa shape index (κ1) is 13.3. The molecule has 0 unspecified atom stereocenters. The van der Waals surface area contributed by atoms with E-state index in [0.29, 0.717) is 5.92 Å². The Bertz CT molecular complexity index is 665. The molecule has 0 atom stereocenters. The normalized spacial score (nSPS) is 11.3. The molecule has 3 heteroatoms. The van der Waals surface area contributed by atoms with Gasteiger partial charge >= 0.3 is 5.16 Å². The van der Waals surface area contributed by atoms with Crippen molar-refractivity contribution in [3.05, 3.63) is 59.7 Å². The van der Waals surface area contributed by atoms with E-state index in [1.54, 1.807) is 11.8 Å². The second-order valence-electron chi connectivity index (χ2n) is 5.31. The maximum Gasteiger partial charge on any atom is 0.314 e. The van der Waals surface area contributed by atoms with Crippen LogP contribution in [0.3, 0.4) is 0 Å². The van der Waals surface area contributed by atoms with Gasteiger partial charge in [0.15, 0.2) is 11.0 Å². The monoisotopic (exact) mass is 283 g/mol. The summed E-state index contributed by atoms with van der Waals surface area (Å²) in [6.45, 7) is 4.45. The van der Waals surface area contributed by atoms with Crippen LogP contribution in [0.25, 0.3) is 11.0 Å². The van der Waals surface area contributed by atoms with Crippen LogP contribution in [-0.4, -0.2) is 4.98 Å². The molecule has 0 saturated heterocycles. The van der Waals surface area contributed by atoms with Crippen LogP contribution < -0.4 is 4.98 Å². The van der Waals surface area contributed by atoms with Gasteiger partial charge in [0.1, 0.15) is 0 Å². The average molecular weight is 283 g/mol. The van der Waals surface area contributed by atoms with Gasteiger partial charge in [-0.3, -0.25) is 0 Å². The minimum absolute atomic E-state index is 0.596. The first-order valence-corrected chi connectivity index (χ1v) is 7.92. The molecule has 0 aliphatic heterocycles. The maximum atomic E-state index is 3.40. The third kappa shape index (κ3) is 2.88. The van der Waals surface area contributed by atoms with E-state index in [1.807, 2.05) is 12.1 Å². The molecule has 2 nitrogen and oxygen atoms in total. The Balaban J connectivity index is 1.69. The number of para-hydroxylation sites is 2. The zero-order chi connectivity index (χ0) is 13.9. The van der Waals surface area contributed by atoms with E-state index in [4.69, 9.17) is 0 Å². The zero-order valence-electron chi connectivity index (χ0n) is 11.8. The van der Waals surface area contributed by atoms with Gasteiger partial charge in [-0.05, 0) is 40.9 Å². The van der Waals surface area contributed by atoms with Crippen molar-refractivity contribution in [2.45, 2.75) is 30.7 Å². The predicted molar refractivity (Wildman–Crippen MR) is 84.9 cm³/mol. The Morgan fingerprint density at radius 2 is 1.80 bits per heavy atom. The van der Waals surface area contributed by atoms with Crippen molar-refractivity contribution in [3.8, 4) is 0 Å². The molecule has 0 fully saturated rings. The van der Waals surface area contributed by atoms with Crippen molar-refractivity contribution in [1.29, 1.82) is 0 Å². The fourth-order valence-corrected chi connectivity index (χ4v) is 3.07. The summed E-state index contributed by atoms with van der Waals surface area (Å²) in [5, 5.41) is 1.11. The Labute approximate surface area is 123 Å². The van der Waals surface area contributed by atoms with Gasteiger partial charge in [-0.1, -0.05) is 50.2 Å². The summed E-state index contributed by atoms with van der Waals surface area (Å²) in [6.07, 6.45) is 0. The quantitative estimate of drug-likeness (QED) is 0.707. The number of aromatic amines is 2. The third-order valence-corrected chi connectivity index (χ3v) is 4.42. The smallest absolute Gasteiger partial charge is 0.231 e. The zero-order valence-corrected chi connectivity index (χ0v) is 12.6. The van der Waals surface area contributed by atoms with Gasteiger partial charge in [-0.2, -0.15) is 0 Å². The molecule has 2 aromatic carbocycles. The van der Waals surface area contributed by atoms with E-state index in [2.05, 4.69) is 60.2 Å². The highest BCUT2D eigenvalue weighted by molar-refractivity contribution is 7.98. The molecule has 2 N–H and O–H groups in total. The van der Waals surface area contributed by atoms with Crippen LogP contribution in [0.4, 0.5) is 0 Å². The summed E-state index contributed by atoms with van der Waals surface area (Å²) in [7, 11) is 0. The number of hydrogen-bond acceptors (Lipinski definition) is 1. The van der Waals surface area contributed by atoms with Crippen LogP contribution in [0.5, 0.6) is 0 Å². The van der Waals surface area contributed by atoms with Crippen molar-refractivity contribution < 1.29 is 4.98 Å². The Kier molecular flexibility index (Phi) is 3.79. The number of imidazole rings is 1. The topological polar surface area (TPSA) is 29.9 Å². The lowest BCUT2D eigenvalue weighted by atomic mass is 10.0. The molecule has 0 saturated carbocycles. The van der Waals surface area contributed by atoms with Gasteiger partial charge in [0, 0.05) is 5.75 Å². The van der Waals surface area contributed by atoms with Crippen LogP contribution >= 0.6 is 11.8 Å². The van der Waals surface area contributed by atoms with E-state index in [9.17, 15) is 0 Å². The molecule has 20 heavy (non-hydrogen) atoms. The largest absolute Gasteiger partial charge is 0.314 e. The predicted octanol–water partition coefficient (Wildman–Crippen LogP) is 4.40. The van der Waals surface area contributed by atoms with Gasteiger partial charge in [-0.15, -0.1) is 0 Å². The van der Waals surface area contributed by atoms with E-state index < -0.39 is 0 Å². The molecular formula is C17H19N2S+. The van der Waals surface area contributed by atoms with Crippen LogP contribution in [0.15, 0.2) is 53.7 Å². The number of hydrogen-bond donors (Lipinski definition) is 1. The fourth-order valence-electron chi connectivity index (χ4n) is 2.20. The molecule has 0 aliphatic rings. The first-order chi connectivity index (χ1) is 9.72. The average Bonchev–Trinajstić information content (AvgIpc) is 2.88. The number of rotatable bonds is 4. The van der Waals surface area contributed by atoms with E-state index in [0.717, 1.165) is 21.9 Å². The lowest BCUT2D eigenvalue weighted by Crippen LogP contribution is -2.01.